The maximum atomic E-state index is 14.1. The Hall–Kier alpha value is -1.86. The Balaban J connectivity index is 2.49. The van der Waals surface area contributed by atoms with Crippen LogP contribution in [0.25, 0.3) is 0 Å². The molecule has 2 aromatic rings. The maximum Gasteiger partial charge on any atom is 0.137 e. The van der Waals surface area contributed by atoms with Crippen LogP contribution in [0.5, 0.6) is 0 Å². The summed E-state index contributed by atoms with van der Waals surface area (Å²) in [6.07, 6.45) is 1.76. The van der Waals surface area contributed by atoms with Gasteiger partial charge in [-0.1, -0.05) is 13.0 Å². The molecule has 0 spiro atoms. The summed E-state index contributed by atoms with van der Waals surface area (Å²) in [7, 11) is 0. The largest absolute Gasteiger partial charge is 0.393 e. The zero-order chi connectivity index (χ0) is 15.6. The zero-order valence-corrected chi connectivity index (χ0v) is 11.7. The molecular weight excluding hydrogens is 280 g/mol. The van der Waals surface area contributed by atoms with Crippen molar-refractivity contribution in [2.24, 2.45) is 5.92 Å². The van der Waals surface area contributed by atoms with Crippen molar-refractivity contribution in [2.45, 2.75) is 32.1 Å². The molecule has 0 radical (unpaired) electrons. The number of aromatic nitrogens is 3. The van der Waals surface area contributed by atoms with Crippen LogP contribution in [0.2, 0.25) is 0 Å². The predicted molar refractivity (Wildman–Crippen MR) is 71.1 cm³/mol. The molecule has 0 fully saturated rings. The summed E-state index contributed by atoms with van der Waals surface area (Å²) in [6, 6.07) is 2.95. The van der Waals surface area contributed by atoms with E-state index >= 15 is 0 Å². The van der Waals surface area contributed by atoms with E-state index in [0.717, 1.165) is 6.07 Å². The van der Waals surface area contributed by atoms with E-state index in [2.05, 4.69) is 10.1 Å². The summed E-state index contributed by atoms with van der Waals surface area (Å²) in [5.74, 6) is -2.31. The Labute approximate surface area is 120 Å². The molecule has 0 saturated heterocycles. The Kier molecular flexibility index (Phi) is 4.34. The first-order valence-electron chi connectivity index (χ1n) is 6.53. The first-order valence-corrected chi connectivity index (χ1v) is 6.53. The maximum absolute atomic E-state index is 14.1. The number of hydrogen-bond acceptors (Lipinski definition) is 4. The molecule has 1 aromatic heterocycles. The first kappa shape index (κ1) is 15.5. The number of benzene rings is 1. The summed E-state index contributed by atoms with van der Waals surface area (Å²) < 4.78 is 28.5. The van der Waals surface area contributed by atoms with Crippen LogP contribution in [-0.4, -0.2) is 31.1 Å². The highest BCUT2D eigenvalue weighted by atomic mass is 19.1. The second-order valence-electron chi connectivity index (χ2n) is 5.17. The van der Waals surface area contributed by atoms with E-state index < -0.39 is 29.3 Å². The minimum atomic E-state index is -1.75. The van der Waals surface area contributed by atoms with Crippen LogP contribution >= 0.6 is 0 Å². The van der Waals surface area contributed by atoms with Crippen LogP contribution < -0.4 is 0 Å². The molecule has 2 N–H and O–H groups in total. The molecule has 0 amide bonds. The van der Waals surface area contributed by atoms with Gasteiger partial charge in [0.2, 0.25) is 0 Å². The van der Waals surface area contributed by atoms with Gasteiger partial charge in [-0.25, -0.2) is 18.4 Å². The van der Waals surface area contributed by atoms with Gasteiger partial charge in [-0.05, 0) is 13.0 Å². The van der Waals surface area contributed by atoms with E-state index in [9.17, 15) is 19.0 Å². The number of halogens is 2. The Morgan fingerprint density at radius 3 is 2.57 bits per heavy atom. The molecule has 0 aliphatic rings. The first-order chi connectivity index (χ1) is 9.84. The molecular formula is C14H17F2N3O2. The van der Waals surface area contributed by atoms with Crippen molar-refractivity contribution in [3.63, 3.8) is 0 Å². The molecule has 114 valence electrons. The van der Waals surface area contributed by atoms with Gasteiger partial charge in [-0.3, -0.25) is 0 Å². The average molecular weight is 297 g/mol. The molecule has 0 bridgehead atoms. The second kappa shape index (κ2) is 5.87. The average Bonchev–Trinajstić information content (AvgIpc) is 2.89. The lowest BCUT2D eigenvalue weighted by Crippen LogP contribution is -2.43. The fourth-order valence-electron chi connectivity index (χ4n) is 2.28. The van der Waals surface area contributed by atoms with Gasteiger partial charge in [-0.15, -0.1) is 0 Å². The van der Waals surface area contributed by atoms with E-state index in [1.807, 2.05) is 0 Å². The Morgan fingerprint density at radius 2 is 2.05 bits per heavy atom. The number of aliphatic hydroxyl groups is 2. The van der Waals surface area contributed by atoms with Gasteiger partial charge in [0.1, 0.15) is 29.9 Å². The van der Waals surface area contributed by atoms with E-state index in [0.29, 0.717) is 6.07 Å². The van der Waals surface area contributed by atoms with Crippen molar-refractivity contribution in [1.29, 1.82) is 0 Å². The van der Waals surface area contributed by atoms with Crippen molar-refractivity contribution < 1.29 is 19.0 Å². The van der Waals surface area contributed by atoms with E-state index in [1.54, 1.807) is 6.92 Å². The highest BCUT2D eigenvalue weighted by Crippen LogP contribution is 2.35. The minimum Gasteiger partial charge on any atom is -0.393 e. The van der Waals surface area contributed by atoms with Gasteiger partial charge in [0.15, 0.2) is 0 Å². The molecule has 1 heterocycles. The standard InChI is InChI=1S/C14H17F2N3O2/c1-9(10(2)20)14(21,6-19-8-17-7-18-19)12-4-3-11(15)5-13(12)16/h3-5,7-10,20-21H,6H2,1-2H3/t9-,10-,14+/m0/s1. The monoisotopic (exact) mass is 297 g/mol. The van der Waals surface area contributed by atoms with Crippen molar-refractivity contribution in [1.82, 2.24) is 14.8 Å². The van der Waals surface area contributed by atoms with E-state index in [1.165, 1.54) is 30.3 Å². The lowest BCUT2D eigenvalue weighted by molar-refractivity contribution is -0.0800. The van der Waals surface area contributed by atoms with Crippen LogP contribution in [-0.2, 0) is 12.1 Å². The lowest BCUT2D eigenvalue weighted by Gasteiger charge is -2.36. The van der Waals surface area contributed by atoms with Crippen LogP contribution in [0, 0.1) is 17.6 Å². The Bertz CT molecular complexity index is 604. The number of nitrogens with zero attached hydrogens (tertiary/aromatic N) is 3. The van der Waals surface area contributed by atoms with Gasteiger partial charge in [0.05, 0.1) is 12.6 Å². The molecule has 3 atom stereocenters. The summed E-state index contributed by atoms with van der Waals surface area (Å²) >= 11 is 0. The van der Waals surface area contributed by atoms with Crippen molar-refractivity contribution in [3.05, 3.63) is 48.1 Å². The van der Waals surface area contributed by atoms with Gasteiger partial charge in [-0.2, -0.15) is 5.10 Å². The van der Waals surface area contributed by atoms with Crippen LogP contribution in [0.15, 0.2) is 30.9 Å². The van der Waals surface area contributed by atoms with Gasteiger partial charge >= 0.3 is 0 Å². The fourth-order valence-corrected chi connectivity index (χ4v) is 2.28. The number of hydrogen-bond donors (Lipinski definition) is 2. The fraction of sp³-hybridized carbons (Fsp3) is 0.429. The van der Waals surface area contributed by atoms with Crippen LogP contribution in [0.4, 0.5) is 8.78 Å². The third-order valence-electron chi connectivity index (χ3n) is 3.74. The lowest BCUT2D eigenvalue weighted by atomic mass is 9.79. The molecule has 2 rings (SSSR count). The highest BCUT2D eigenvalue weighted by molar-refractivity contribution is 5.26. The number of rotatable bonds is 5. The smallest absolute Gasteiger partial charge is 0.137 e. The summed E-state index contributed by atoms with van der Waals surface area (Å²) in [5, 5.41) is 24.6. The molecule has 0 aliphatic carbocycles. The highest BCUT2D eigenvalue weighted by Gasteiger charge is 2.41. The van der Waals surface area contributed by atoms with Crippen LogP contribution in [0.1, 0.15) is 19.4 Å². The topological polar surface area (TPSA) is 71.2 Å². The Morgan fingerprint density at radius 1 is 1.33 bits per heavy atom. The SMILES string of the molecule is C[C@H](O)[C@H](C)[C@](O)(Cn1cncn1)c1ccc(F)cc1F. The molecule has 0 saturated carbocycles. The third-order valence-corrected chi connectivity index (χ3v) is 3.74. The van der Waals surface area contributed by atoms with Gasteiger partial charge in [0.25, 0.3) is 0 Å². The number of aliphatic hydroxyl groups excluding tert-OH is 1. The van der Waals surface area contributed by atoms with Crippen molar-refractivity contribution in [2.75, 3.05) is 0 Å². The van der Waals surface area contributed by atoms with E-state index in [4.69, 9.17) is 0 Å². The van der Waals surface area contributed by atoms with Gasteiger partial charge in [0, 0.05) is 17.5 Å². The molecule has 1 aromatic carbocycles. The summed E-state index contributed by atoms with van der Waals surface area (Å²) in [5.41, 5.74) is -1.84. The predicted octanol–water partition coefficient (Wildman–Crippen LogP) is 1.46. The van der Waals surface area contributed by atoms with Crippen LogP contribution in [0.3, 0.4) is 0 Å². The minimum absolute atomic E-state index is 0.0900. The zero-order valence-electron chi connectivity index (χ0n) is 11.7. The molecule has 5 nitrogen and oxygen atoms in total. The van der Waals surface area contributed by atoms with E-state index in [-0.39, 0.29) is 12.1 Å². The second-order valence-corrected chi connectivity index (χ2v) is 5.17. The molecule has 0 unspecified atom stereocenters. The molecule has 21 heavy (non-hydrogen) atoms. The van der Waals surface area contributed by atoms with Gasteiger partial charge < -0.3 is 10.2 Å². The summed E-state index contributed by atoms with van der Waals surface area (Å²) in [4.78, 5) is 3.77. The molecule has 7 heteroatoms. The quantitative estimate of drug-likeness (QED) is 0.876. The van der Waals surface area contributed by atoms with Crippen molar-refractivity contribution >= 4 is 0 Å². The normalized spacial score (nSPS) is 17.2. The third kappa shape index (κ3) is 3.08. The molecule has 0 aliphatic heterocycles. The van der Waals surface area contributed by atoms with Crippen molar-refractivity contribution in [3.8, 4) is 0 Å². The summed E-state index contributed by atoms with van der Waals surface area (Å²) in [6.45, 7) is 2.98.